The minimum absolute atomic E-state index is 0. The van der Waals surface area contributed by atoms with Crippen molar-refractivity contribution in [1.82, 2.24) is 0 Å². The zero-order valence-corrected chi connectivity index (χ0v) is 15.2. The molecule has 0 radical (unpaired) electrons. The molecular weight excluding hydrogens is 349 g/mol. The third-order valence-corrected chi connectivity index (χ3v) is 2.91. The molecule has 0 aromatic heterocycles. The maximum Gasteiger partial charge on any atom is 2.00 e. The molecule has 0 aliphatic heterocycles. The van der Waals surface area contributed by atoms with E-state index in [-0.39, 0.29) is 46.5 Å². The molecule has 22 heavy (non-hydrogen) atoms. The van der Waals surface area contributed by atoms with E-state index in [1.165, 1.54) is 11.1 Å². The van der Waals surface area contributed by atoms with Gasteiger partial charge in [-0.1, -0.05) is 60.2 Å². The molecule has 1 aliphatic carbocycles. The van der Waals surface area contributed by atoms with Crippen molar-refractivity contribution < 1.29 is 46.5 Å². The fourth-order valence-electron chi connectivity index (χ4n) is 1.92. The van der Waals surface area contributed by atoms with Crippen LogP contribution in [0, 0.1) is 6.92 Å². The van der Waals surface area contributed by atoms with Crippen LogP contribution in [-0.2, 0) is 21.7 Å². The van der Waals surface area contributed by atoms with Crippen LogP contribution in [0.25, 0.3) is 11.3 Å². The maximum absolute atomic E-state index is 7.00. The molecule has 0 bridgehead atoms. The van der Waals surface area contributed by atoms with Gasteiger partial charge in [0.25, 0.3) is 0 Å². The third-order valence-electron chi connectivity index (χ3n) is 2.91. The average Bonchev–Trinajstić information content (AvgIpc) is 2.95. The monoisotopic (exact) mass is 365 g/mol. The van der Waals surface area contributed by atoms with Crippen LogP contribution in [-0.4, -0.2) is 0 Å². The molecule has 114 valence electrons. The Hall–Kier alpha value is -1.12. The van der Waals surface area contributed by atoms with Crippen molar-refractivity contribution in [3.8, 4) is 0 Å². The van der Waals surface area contributed by atoms with Gasteiger partial charge in [-0.25, -0.2) is 0 Å². The molecule has 2 aromatic rings. The second-order valence-electron chi connectivity index (χ2n) is 4.35. The number of hydrogen-bond donors (Lipinski definition) is 0. The van der Waals surface area contributed by atoms with E-state index in [4.69, 9.17) is 5.73 Å². The standard InChI is InChI=1S/C12H11.C6H6N.2ClH.Ti/c1-10-6-2-5-9-12(10)11-7-3-4-8-11;7-6-4-2-1-3-5-6;;;/h2-7,9H,1,8H2;1-5,7H;2*1H;/q2*-1;;;+2/p-2. The summed E-state index contributed by atoms with van der Waals surface area (Å²) in [6, 6.07) is 17.4. The predicted molar refractivity (Wildman–Crippen MR) is 83.1 cm³/mol. The second kappa shape index (κ2) is 12.4. The molecule has 0 spiro atoms. The average molecular weight is 366 g/mol. The quantitative estimate of drug-likeness (QED) is 0.484. The van der Waals surface area contributed by atoms with Crippen LogP contribution in [0.1, 0.15) is 17.5 Å². The summed E-state index contributed by atoms with van der Waals surface area (Å²) in [5.74, 6) is 0. The molecule has 1 nitrogen and oxygen atoms in total. The summed E-state index contributed by atoms with van der Waals surface area (Å²) in [5, 5.41) is 0. The molecule has 0 fully saturated rings. The summed E-state index contributed by atoms with van der Waals surface area (Å²) in [6.07, 6.45) is 7.47. The second-order valence-corrected chi connectivity index (χ2v) is 4.35. The molecule has 0 heterocycles. The first-order chi connectivity index (χ1) is 9.27. The Morgan fingerprint density at radius 1 is 0.864 bits per heavy atom. The number of halogens is 2. The van der Waals surface area contributed by atoms with Crippen LogP contribution in [0.4, 0.5) is 5.69 Å². The fourth-order valence-corrected chi connectivity index (χ4v) is 1.92. The van der Waals surface area contributed by atoms with Crippen molar-refractivity contribution in [2.45, 2.75) is 6.42 Å². The van der Waals surface area contributed by atoms with Crippen LogP contribution >= 0.6 is 0 Å². The van der Waals surface area contributed by atoms with Crippen LogP contribution in [0.2, 0.25) is 0 Å². The number of rotatable bonds is 1. The first kappa shape index (κ1) is 23.2. The van der Waals surface area contributed by atoms with Gasteiger partial charge in [0.15, 0.2) is 0 Å². The minimum atomic E-state index is 0. The van der Waals surface area contributed by atoms with Gasteiger partial charge in [0.1, 0.15) is 0 Å². The fraction of sp³-hybridized carbons (Fsp3) is 0.0556. The van der Waals surface area contributed by atoms with Crippen molar-refractivity contribution in [2.75, 3.05) is 0 Å². The van der Waals surface area contributed by atoms with Gasteiger partial charge in [0.2, 0.25) is 0 Å². The Bertz CT molecular complexity index is 595. The number of benzene rings is 2. The van der Waals surface area contributed by atoms with E-state index in [2.05, 4.69) is 43.4 Å². The van der Waals surface area contributed by atoms with Gasteiger partial charge < -0.3 is 30.5 Å². The van der Waals surface area contributed by atoms with Crippen molar-refractivity contribution in [1.29, 1.82) is 0 Å². The van der Waals surface area contributed by atoms with Crippen molar-refractivity contribution in [3.05, 3.63) is 96.6 Å². The minimum Gasteiger partial charge on any atom is -1.00 e. The molecule has 1 aliphatic rings. The van der Waals surface area contributed by atoms with E-state index < -0.39 is 0 Å². The molecule has 0 amide bonds. The van der Waals surface area contributed by atoms with E-state index in [9.17, 15) is 0 Å². The molecular formula is C18H17Cl2NTi-2. The van der Waals surface area contributed by atoms with Crippen LogP contribution in [0.3, 0.4) is 0 Å². The molecule has 0 saturated carbocycles. The summed E-state index contributed by atoms with van der Waals surface area (Å²) in [4.78, 5) is 0. The van der Waals surface area contributed by atoms with E-state index in [1.54, 1.807) is 12.1 Å². The smallest absolute Gasteiger partial charge is 1.00 e. The summed E-state index contributed by atoms with van der Waals surface area (Å²) < 4.78 is 0. The summed E-state index contributed by atoms with van der Waals surface area (Å²) >= 11 is 0. The van der Waals surface area contributed by atoms with Gasteiger partial charge in [0, 0.05) is 0 Å². The van der Waals surface area contributed by atoms with Gasteiger partial charge in [-0.15, -0.1) is 23.4 Å². The zero-order valence-electron chi connectivity index (χ0n) is 12.1. The largest absolute Gasteiger partial charge is 2.00 e. The Morgan fingerprint density at radius 3 is 1.91 bits per heavy atom. The normalized spacial score (nSPS) is 10.8. The third kappa shape index (κ3) is 7.24. The first-order valence-electron chi connectivity index (χ1n) is 6.31. The van der Waals surface area contributed by atoms with Gasteiger partial charge in [-0.05, 0) is 6.42 Å². The Kier molecular flexibility index (Phi) is 13.1. The van der Waals surface area contributed by atoms with Crippen LogP contribution in [0.15, 0.2) is 72.8 Å². The predicted octanol–water partition coefficient (Wildman–Crippen LogP) is -0.412. The number of allylic oxidation sites excluding steroid dienone is 4. The van der Waals surface area contributed by atoms with E-state index >= 15 is 0 Å². The summed E-state index contributed by atoms with van der Waals surface area (Å²) in [5.41, 5.74) is 11.3. The maximum atomic E-state index is 7.00. The van der Waals surface area contributed by atoms with Crippen molar-refractivity contribution in [3.63, 3.8) is 0 Å². The Morgan fingerprint density at radius 2 is 1.45 bits per heavy atom. The van der Waals surface area contributed by atoms with Crippen LogP contribution in [0.5, 0.6) is 0 Å². The molecule has 0 atom stereocenters. The number of nitrogens with one attached hydrogen (secondary N) is 1. The van der Waals surface area contributed by atoms with Crippen LogP contribution < -0.4 is 24.8 Å². The molecule has 4 heteroatoms. The van der Waals surface area contributed by atoms with Gasteiger partial charge in [-0.2, -0.15) is 18.6 Å². The molecule has 1 N–H and O–H groups in total. The first-order valence-corrected chi connectivity index (χ1v) is 6.31. The Labute approximate surface area is 160 Å². The molecule has 3 rings (SSSR count). The SMILES string of the molecule is [CH2-]c1ccccc1C1=CC=CC1.[Cl-].[Cl-].[NH-]c1ccccc1.[Ti+2]. The topological polar surface area (TPSA) is 23.8 Å². The van der Waals surface area contributed by atoms with Crippen molar-refractivity contribution in [2.24, 2.45) is 0 Å². The zero-order chi connectivity index (χ0) is 13.5. The number of hydrogen-bond acceptors (Lipinski definition) is 0. The van der Waals surface area contributed by atoms with Crippen molar-refractivity contribution >= 4 is 11.3 Å². The summed E-state index contributed by atoms with van der Waals surface area (Å²) in [6.45, 7) is 4.00. The summed E-state index contributed by atoms with van der Waals surface area (Å²) in [7, 11) is 0. The van der Waals surface area contributed by atoms with Gasteiger partial charge in [-0.3, -0.25) is 0 Å². The van der Waals surface area contributed by atoms with Gasteiger partial charge in [0.05, 0.1) is 0 Å². The van der Waals surface area contributed by atoms with E-state index in [0.717, 1.165) is 12.0 Å². The Balaban J connectivity index is 0. The van der Waals surface area contributed by atoms with E-state index in [0.29, 0.717) is 5.69 Å². The molecule has 2 aromatic carbocycles. The molecule has 0 unspecified atom stereocenters. The van der Waals surface area contributed by atoms with Gasteiger partial charge >= 0.3 is 21.7 Å². The van der Waals surface area contributed by atoms with E-state index in [1.807, 2.05) is 24.3 Å². The molecule has 0 saturated heterocycles.